The number of aliphatic imine (C=N–C) groups is 1. The van der Waals surface area contributed by atoms with Gasteiger partial charge in [0.1, 0.15) is 11.5 Å². The van der Waals surface area contributed by atoms with E-state index in [1.807, 2.05) is 29.2 Å². The third kappa shape index (κ3) is 2.78. The van der Waals surface area contributed by atoms with Crippen LogP contribution in [0.25, 0.3) is 0 Å². The number of likely N-dealkylation sites (tertiary alicyclic amines) is 1. The monoisotopic (exact) mass is 345 g/mol. The fourth-order valence-electron chi connectivity index (χ4n) is 3.57. The molecule has 0 atom stereocenters. The highest BCUT2D eigenvalue weighted by molar-refractivity contribution is 6.04. The third-order valence-corrected chi connectivity index (χ3v) is 5.04. The smallest absolute Gasteiger partial charge is 0.253 e. The van der Waals surface area contributed by atoms with Crippen molar-refractivity contribution in [1.82, 2.24) is 4.90 Å². The van der Waals surface area contributed by atoms with Crippen LogP contribution in [-0.2, 0) is 0 Å². The van der Waals surface area contributed by atoms with Crippen molar-refractivity contribution in [2.45, 2.75) is 18.5 Å². The average Bonchev–Trinajstić information content (AvgIpc) is 2.68. The summed E-state index contributed by atoms with van der Waals surface area (Å²) < 4.78 is 0. The topological polar surface area (TPSA) is 94.5 Å². The molecule has 2 aliphatic heterocycles. The molecule has 2 aromatic rings. The van der Waals surface area contributed by atoms with Gasteiger partial charge in [-0.05, 0) is 36.4 Å². The lowest BCUT2D eigenvalue weighted by atomic mass is 9.93. The zero-order valence-corrected chi connectivity index (χ0v) is 14.3. The van der Waals surface area contributed by atoms with Crippen LogP contribution in [0.1, 0.15) is 34.3 Å². The lowest BCUT2D eigenvalue weighted by Crippen LogP contribution is -2.52. The third-order valence-electron chi connectivity index (χ3n) is 5.04. The van der Waals surface area contributed by atoms with Gasteiger partial charge >= 0.3 is 0 Å². The largest absolute Gasteiger partial charge is 0.383 e. The van der Waals surface area contributed by atoms with Gasteiger partial charge in [-0.1, -0.05) is 12.1 Å². The number of hydrogen-bond donors (Lipinski definition) is 2. The van der Waals surface area contributed by atoms with Crippen LogP contribution in [0.5, 0.6) is 0 Å². The first-order valence-corrected chi connectivity index (χ1v) is 8.63. The summed E-state index contributed by atoms with van der Waals surface area (Å²) in [6, 6.07) is 16.7. The SMILES string of the molecule is N#Cc1ccc(C(=O)N2CCC3(CC2)N=C(N)c2ccccc2N3)cc1. The van der Waals surface area contributed by atoms with Crippen molar-refractivity contribution in [2.75, 3.05) is 18.4 Å². The second-order valence-electron chi connectivity index (χ2n) is 6.68. The minimum Gasteiger partial charge on any atom is -0.383 e. The first-order chi connectivity index (χ1) is 12.6. The van der Waals surface area contributed by atoms with Gasteiger partial charge in [-0.2, -0.15) is 5.26 Å². The van der Waals surface area contributed by atoms with Crippen molar-refractivity contribution in [2.24, 2.45) is 10.7 Å². The number of nitrogens with one attached hydrogen (secondary N) is 1. The lowest BCUT2D eigenvalue weighted by molar-refractivity contribution is 0.0685. The number of amidine groups is 1. The first kappa shape index (κ1) is 16.2. The van der Waals surface area contributed by atoms with Crippen molar-refractivity contribution in [3.05, 3.63) is 65.2 Å². The Bertz CT molecular complexity index is 918. The van der Waals surface area contributed by atoms with E-state index in [0.717, 1.165) is 11.3 Å². The van der Waals surface area contributed by atoms with Gasteiger partial charge in [-0.3, -0.25) is 4.79 Å². The van der Waals surface area contributed by atoms with E-state index in [-0.39, 0.29) is 5.91 Å². The molecule has 0 radical (unpaired) electrons. The standard InChI is InChI=1S/C20H19N5O/c21-13-14-5-7-15(8-6-14)19(26)25-11-9-20(10-12-25)23-17-4-2-1-3-16(17)18(22)24-20/h1-8,23H,9-12H2,(H2,22,24). The number of benzene rings is 2. The minimum absolute atomic E-state index is 0.0162. The second kappa shape index (κ2) is 6.19. The molecule has 0 unspecified atom stereocenters. The van der Waals surface area contributed by atoms with Gasteiger partial charge in [0.25, 0.3) is 5.91 Å². The Balaban J connectivity index is 1.48. The maximum atomic E-state index is 12.7. The number of rotatable bonds is 1. The molecule has 26 heavy (non-hydrogen) atoms. The van der Waals surface area contributed by atoms with Crippen LogP contribution in [0, 0.1) is 11.3 Å². The molecule has 130 valence electrons. The van der Waals surface area contributed by atoms with Crippen LogP contribution in [0.2, 0.25) is 0 Å². The molecule has 1 saturated heterocycles. The number of piperidine rings is 1. The minimum atomic E-state index is -0.445. The molecule has 0 aliphatic carbocycles. The summed E-state index contributed by atoms with van der Waals surface area (Å²) in [6.45, 7) is 1.20. The summed E-state index contributed by atoms with van der Waals surface area (Å²) >= 11 is 0. The Labute approximate surface area is 151 Å². The van der Waals surface area contributed by atoms with Gasteiger partial charge in [-0.15, -0.1) is 0 Å². The second-order valence-corrected chi connectivity index (χ2v) is 6.68. The molecule has 0 bridgehead atoms. The number of anilines is 1. The molecule has 1 amide bonds. The Morgan fingerprint density at radius 2 is 1.85 bits per heavy atom. The van der Waals surface area contributed by atoms with Crippen LogP contribution in [0.15, 0.2) is 53.5 Å². The van der Waals surface area contributed by atoms with Crippen LogP contribution >= 0.6 is 0 Å². The molecule has 0 saturated carbocycles. The summed E-state index contributed by atoms with van der Waals surface area (Å²) in [4.78, 5) is 19.2. The van der Waals surface area contributed by atoms with Crippen LogP contribution < -0.4 is 11.1 Å². The maximum absolute atomic E-state index is 12.7. The molecule has 2 aromatic carbocycles. The highest BCUT2D eigenvalue weighted by Crippen LogP contribution is 2.34. The number of nitrogens with zero attached hydrogens (tertiary/aromatic N) is 3. The first-order valence-electron chi connectivity index (χ1n) is 8.63. The molecule has 1 spiro atoms. The van der Waals surface area contributed by atoms with Gasteiger partial charge in [0.2, 0.25) is 0 Å². The van der Waals surface area contributed by atoms with E-state index in [2.05, 4.69) is 11.4 Å². The molecular formula is C20H19N5O. The van der Waals surface area contributed by atoms with Crippen LogP contribution in [0.3, 0.4) is 0 Å². The number of nitrogens with two attached hydrogens (primary N) is 1. The Morgan fingerprint density at radius 1 is 1.15 bits per heavy atom. The normalized spacial score (nSPS) is 17.7. The highest BCUT2D eigenvalue weighted by Gasteiger charge is 2.38. The van der Waals surface area contributed by atoms with E-state index in [1.54, 1.807) is 24.3 Å². The number of nitriles is 1. The predicted molar refractivity (Wildman–Crippen MR) is 99.8 cm³/mol. The fourth-order valence-corrected chi connectivity index (χ4v) is 3.57. The summed E-state index contributed by atoms with van der Waals surface area (Å²) in [5.74, 6) is 0.531. The average molecular weight is 345 g/mol. The molecule has 1 fully saturated rings. The van der Waals surface area contributed by atoms with Gasteiger partial charge in [-0.25, -0.2) is 4.99 Å². The molecule has 0 aromatic heterocycles. The zero-order chi connectivity index (χ0) is 18.1. The fraction of sp³-hybridized carbons (Fsp3) is 0.250. The van der Waals surface area contributed by atoms with Gasteiger partial charge in [0, 0.05) is 42.7 Å². The Kier molecular flexibility index (Phi) is 3.85. The van der Waals surface area contributed by atoms with Crippen molar-refractivity contribution >= 4 is 17.4 Å². The molecule has 6 heteroatoms. The summed E-state index contributed by atoms with van der Waals surface area (Å²) in [7, 11) is 0. The summed E-state index contributed by atoms with van der Waals surface area (Å²) in [5, 5.41) is 12.4. The van der Waals surface area contributed by atoms with Crippen molar-refractivity contribution in [3.8, 4) is 6.07 Å². The van der Waals surface area contributed by atoms with E-state index >= 15 is 0 Å². The van der Waals surface area contributed by atoms with E-state index in [1.165, 1.54) is 0 Å². The van der Waals surface area contributed by atoms with E-state index in [4.69, 9.17) is 16.0 Å². The van der Waals surface area contributed by atoms with Gasteiger partial charge in [0.15, 0.2) is 0 Å². The van der Waals surface area contributed by atoms with Crippen molar-refractivity contribution in [1.29, 1.82) is 5.26 Å². The van der Waals surface area contributed by atoms with Gasteiger partial charge < -0.3 is 16.0 Å². The number of hydrogen-bond acceptors (Lipinski definition) is 5. The number of para-hydroxylation sites is 1. The maximum Gasteiger partial charge on any atom is 0.253 e. The molecule has 2 aliphatic rings. The number of amides is 1. The summed E-state index contributed by atoms with van der Waals surface area (Å²) in [5.41, 5.74) is 8.79. The van der Waals surface area contributed by atoms with Crippen molar-refractivity contribution < 1.29 is 4.79 Å². The van der Waals surface area contributed by atoms with Crippen LogP contribution in [0.4, 0.5) is 5.69 Å². The summed E-state index contributed by atoms with van der Waals surface area (Å²) in [6.07, 6.45) is 1.40. The van der Waals surface area contributed by atoms with E-state index < -0.39 is 5.66 Å². The molecule has 2 heterocycles. The Hall–Kier alpha value is -3.33. The predicted octanol–water partition coefficient (Wildman–Crippen LogP) is 2.32. The zero-order valence-electron chi connectivity index (χ0n) is 14.3. The molecule has 3 N–H and O–H groups in total. The van der Waals surface area contributed by atoms with Crippen molar-refractivity contribution in [3.63, 3.8) is 0 Å². The van der Waals surface area contributed by atoms with E-state index in [0.29, 0.717) is 42.9 Å². The van der Waals surface area contributed by atoms with Gasteiger partial charge in [0.05, 0.1) is 11.6 Å². The van der Waals surface area contributed by atoms with E-state index in [9.17, 15) is 4.79 Å². The molecule has 4 rings (SSSR count). The lowest BCUT2D eigenvalue weighted by Gasteiger charge is -2.42. The number of carbonyl (C=O) groups is 1. The van der Waals surface area contributed by atoms with Crippen LogP contribution in [-0.4, -0.2) is 35.4 Å². The quantitative estimate of drug-likeness (QED) is 0.829. The highest BCUT2D eigenvalue weighted by atomic mass is 16.2. The molecule has 6 nitrogen and oxygen atoms in total. The number of fused-ring (bicyclic) bond motifs is 1. The number of carbonyl (C=O) groups excluding carboxylic acids is 1. The Morgan fingerprint density at radius 3 is 2.54 bits per heavy atom. The molecular weight excluding hydrogens is 326 g/mol.